The topological polar surface area (TPSA) is 77.9 Å². The Bertz CT molecular complexity index is 256. The van der Waals surface area contributed by atoms with E-state index in [1.807, 2.05) is 0 Å². The van der Waals surface area contributed by atoms with Gasteiger partial charge in [0.25, 0.3) is 5.91 Å². The fraction of sp³-hybridized carbons (Fsp3) is 0.571. The van der Waals surface area contributed by atoms with E-state index in [0.29, 0.717) is 0 Å². The largest absolute Gasteiger partial charge is 0.480 e. The molecular weight excluding hydrogens is 176 g/mol. The van der Waals surface area contributed by atoms with Gasteiger partial charge in [0.2, 0.25) is 0 Å². The maximum atomic E-state index is 11.3. The fourth-order valence-electron chi connectivity index (χ4n) is 1.12. The molecule has 0 aromatic rings. The first-order chi connectivity index (χ1) is 5.95. The van der Waals surface area contributed by atoms with Crippen LogP contribution >= 0.6 is 0 Å². The molecule has 1 saturated heterocycles. The zero-order valence-corrected chi connectivity index (χ0v) is 7.35. The lowest BCUT2D eigenvalue weighted by Crippen LogP contribution is -2.36. The standard InChI is InChI=1S/C7H10N2O4/c1-4-6(12)9(3-5(10)11)7(13)8(4)2/h4H,3H2,1-2H3,(H,10,11). The van der Waals surface area contributed by atoms with Crippen LogP contribution in [0.4, 0.5) is 4.79 Å². The van der Waals surface area contributed by atoms with Gasteiger partial charge in [-0.3, -0.25) is 14.5 Å². The minimum atomic E-state index is -1.19. The molecule has 6 heteroatoms. The van der Waals surface area contributed by atoms with E-state index >= 15 is 0 Å². The minimum absolute atomic E-state index is 0.463. The molecule has 0 aromatic heterocycles. The Balaban J connectivity index is 2.81. The van der Waals surface area contributed by atoms with Crippen molar-refractivity contribution in [3.63, 3.8) is 0 Å². The van der Waals surface area contributed by atoms with Gasteiger partial charge >= 0.3 is 12.0 Å². The number of urea groups is 1. The van der Waals surface area contributed by atoms with E-state index in [1.54, 1.807) is 6.92 Å². The molecule has 0 aliphatic carbocycles. The molecule has 1 aliphatic rings. The number of hydrogen-bond donors (Lipinski definition) is 1. The Morgan fingerprint density at radius 2 is 2.08 bits per heavy atom. The van der Waals surface area contributed by atoms with Crippen molar-refractivity contribution in [2.45, 2.75) is 13.0 Å². The second kappa shape index (κ2) is 3.04. The van der Waals surface area contributed by atoms with E-state index in [0.717, 1.165) is 4.90 Å². The van der Waals surface area contributed by atoms with Crippen molar-refractivity contribution in [2.75, 3.05) is 13.6 Å². The summed E-state index contributed by atoms with van der Waals surface area (Å²) >= 11 is 0. The summed E-state index contributed by atoms with van der Waals surface area (Å²) in [4.78, 5) is 34.7. The van der Waals surface area contributed by atoms with Gasteiger partial charge < -0.3 is 10.0 Å². The van der Waals surface area contributed by atoms with Crippen LogP contribution in [0, 0.1) is 0 Å². The molecule has 1 fully saturated rings. The second-order valence-corrected chi connectivity index (χ2v) is 2.89. The zero-order valence-electron chi connectivity index (χ0n) is 7.35. The molecular formula is C7H10N2O4. The van der Waals surface area contributed by atoms with Crippen LogP contribution in [0.15, 0.2) is 0 Å². The van der Waals surface area contributed by atoms with Gasteiger partial charge in [0.05, 0.1) is 0 Å². The van der Waals surface area contributed by atoms with Crippen LogP contribution in [-0.4, -0.2) is 52.4 Å². The van der Waals surface area contributed by atoms with E-state index in [-0.39, 0.29) is 0 Å². The third-order valence-corrected chi connectivity index (χ3v) is 2.03. The normalized spacial score (nSPS) is 22.8. The van der Waals surface area contributed by atoms with Crippen molar-refractivity contribution in [1.82, 2.24) is 9.80 Å². The SMILES string of the molecule is CC1C(=O)N(CC(=O)O)C(=O)N1C. The quantitative estimate of drug-likeness (QED) is 0.581. The minimum Gasteiger partial charge on any atom is -0.480 e. The summed E-state index contributed by atoms with van der Waals surface area (Å²) in [5.74, 6) is -1.65. The molecule has 1 atom stereocenters. The Labute approximate surface area is 74.7 Å². The summed E-state index contributed by atoms with van der Waals surface area (Å²) in [7, 11) is 1.47. The molecule has 6 nitrogen and oxygen atoms in total. The third kappa shape index (κ3) is 1.47. The molecule has 0 aromatic carbocycles. The predicted octanol–water partition coefficient (Wildman–Crippen LogP) is -0.646. The monoisotopic (exact) mass is 186 g/mol. The molecule has 0 radical (unpaired) electrons. The first-order valence-corrected chi connectivity index (χ1v) is 3.75. The summed E-state index contributed by atoms with van der Waals surface area (Å²) in [5, 5.41) is 8.42. The van der Waals surface area contributed by atoms with Crippen LogP contribution in [0.5, 0.6) is 0 Å². The number of amides is 3. The van der Waals surface area contributed by atoms with Crippen molar-refractivity contribution < 1.29 is 19.5 Å². The zero-order chi connectivity index (χ0) is 10.2. The van der Waals surface area contributed by atoms with Gasteiger partial charge in [0.1, 0.15) is 12.6 Å². The third-order valence-electron chi connectivity index (χ3n) is 2.03. The van der Waals surface area contributed by atoms with Crippen molar-refractivity contribution in [3.05, 3.63) is 0 Å². The highest BCUT2D eigenvalue weighted by molar-refractivity contribution is 6.05. The van der Waals surface area contributed by atoms with E-state index < -0.39 is 30.5 Å². The van der Waals surface area contributed by atoms with Gasteiger partial charge in [0, 0.05) is 7.05 Å². The Morgan fingerprint density at radius 3 is 2.38 bits per heavy atom. The summed E-state index contributed by atoms with van der Waals surface area (Å²) in [6.45, 7) is 0.994. The number of rotatable bonds is 2. The second-order valence-electron chi connectivity index (χ2n) is 2.89. The highest BCUT2D eigenvalue weighted by atomic mass is 16.4. The Hall–Kier alpha value is -1.59. The smallest absolute Gasteiger partial charge is 0.327 e. The molecule has 1 N–H and O–H groups in total. The maximum Gasteiger partial charge on any atom is 0.327 e. The molecule has 72 valence electrons. The first kappa shape index (κ1) is 9.50. The van der Waals surface area contributed by atoms with Crippen LogP contribution in [-0.2, 0) is 9.59 Å². The predicted molar refractivity (Wildman–Crippen MR) is 42.0 cm³/mol. The van der Waals surface area contributed by atoms with Gasteiger partial charge in [0.15, 0.2) is 0 Å². The number of carbonyl (C=O) groups is 3. The average molecular weight is 186 g/mol. The summed E-state index contributed by atoms with van der Waals surface area (Å²) < 4.78 is 0. The van der Waals surface area contributed by atoms with E-state index in [1.165, 1.54) is 11.9 Å². The van der Waals surface area contributed by atoms with Crippen molar-refractivity contribution in [2.24, 2.45) is 0 Å². The highest BCUT2D eigenvalue weighted by Crippen LogP contribution is 2.14. The lowest BCUT2D eigenvalue weighted by atomic mass is 10.3. The molecule has 13 heavy (non-hydrogen) atoms. The number of carboxylic acid groups (broad SMARTS) is 1. The van der Waals surface area contributed by atoms with Crippen LogP contribution in [0.1, 0.15) is 6.92 Å². The molecule has 1 rings (SSSR count). The van der Waals surface area contributed by atoms with E-state index in [9.17, 15) is 14.4 Å². The highest BCUT2D eigenvalue weighted by Gasteiger charge is 2.40. The van der Waals surface area contributed by atoms with Crippen LogP contribution in [0.2, 0.25) is 0 Å². The number of imide groups is 1. The number of carbonyl (C=O) groups excluding carboxylic acids is 2. The van der Waals surface area contributed by atoms with Gasteiger partial charge in [-0.25, -0.2) is 4.79 Å². The Kier molecular flexibility index (Phi) is 2.22. The summed E-state index contributed by atoms with van der Waals surface area (Å²) in [6.07, 6.45) is 0. The average Bonchev–Trinajstić information content (AvgIpc) is 2.22. The number of hydrogen-bond acceptors (Lipinski definition) is 3. The van der Waals surface area contributed by atoms with Gasteiger partial charge in [-0.1, -0.05) is 0 Å². The summed E-state index contributed by atoms with van der Waals surface area (Å²) in [6, 6.07) is -1.12. The van der Waals surface area contributed by atoms with Gasteiger partial charge in [-0.05, 0) is 6.92 Å². The van der Waals surface area contributed by atoms with Gasteiger partial charge in [-0.2, -0.15) is 0 Å². The van der Waals surface area contributed by atoms with Crippen LogP contribution in [0.25, 0.3) is 0 Å². The van der Waals surface area contributed by atoms with Gasteiger partial charge in [-0.15, -0.1) is 0 Å². The molecule has 0 spiro atoms. The number of aliphatic carboxylic acids is 1. The van der Waals surface area contributed by atoms with Crippen molar-refractivity contribution in [1.29, 1.82) is 0 Å². The fourth-order valence-corrected chi connectivity index (χ4v) is 1.12. The molecule has 1 aliphatic heterocycles. The summed E-state index contributed by atoms with van der Waals surface area (Å²) in [5.41, 5.74) is 0. The van der Waals surface area contributed by atoms with E-state index in [4.69, 9.17) is 5.11 Å². The molecule has 1 unspecified atom stereocenters. The lowest BCUT2D eigenvalue weighted by Gasteiger charge is -2.11. The van der Waals surface area contributed by atoms with Crippen molar-refractivity contribution >= 4 is 17.9 Å². The molecule has 1 heterocycles. The molecule has 0 bridgehead atoms. The van der Waals surface area contributed by atoms with Crippen LogP contribution in [0.3, 0.4) is 0 Å². The van der Waals surface area contributed by atoms with E-state index in [2.05, 4.69) is 0 Å². The molecule has 3 amide bonds. The number of nitrogens with zero attached hydrogens (tertiary/aromatic N) is 2. The molecule has 0 saturated carbocycles. The lowest BCUT2D eigenvalue weighted by molar-refractivity contribution is -0.141. The maximum absolute atomic E-state index is 11.3. The Morgan fingerprint density at radius 1 is 1.54 bits per heavy atom. The van der Waals surface area contributed by atoms with Crippen LogP contribution < -0.4 is 0 Å². The number of likely N-dealkylation sites (N-methyl/N-ethyl adjacent to an activating group) is 1. The first-order valence-electron chi connectivity index (χ1n) is 3.75. The number of carboxylic acids is 1. The van der Waals surface area contributed by atoms with Crippen molar-refractivity contribution in [3.8, 4) is 0 Å².